The van der Waals surface area contributed by atoms with Crippen molar-refractivity contribution in [1.82, 2.24) is 14.7 Å². The smallest absolute Gasteiger partial charge is 0.338 e. The van der Waals surface area contributed by atoms with Crippen molar-refractivity contribution < 1.29 is 14.7 Å². The van der Waals surface area contributed by atoms with Gasteiger partial charge in [-0.15, -0.1) is 0 Å². The number of rotatable bonds is 4. The fourth-order valence-electron chi connectivity index (χ4n) is 5.01. The van der Waals surface area contributed by atoms with E-state index in [2.05, 4.69) is 36.3 Å². The highest BCUT2D eigenvalue weighted by atomic mass is 16.4. The van der Waals surface area contributed by atoms with E-state index in [9.17, 15) is 9.59 Å². The van der Waals surface area contributed by atoms with Crippen molar-refractivity contribution in [3.63, 3.8) is 0 Å². The van der Waals surface area contributed by atoms with Crippen molar-refractivity contribution in [1.29, 1.82) is 0 Å². The van der Waals surface area contributed by atoms with Crippen LogP contribution in [0.1, 0.15) is 72.5 Å². The first kappa shape index (κ1) is 19.7. The van der Waals surface area contributed by atoms with Gasteiger partial charge in [0, 0.05) is 19.3 Å². The molecule has 4 rings (SSSR count). The summed E-state index contributed by atoms with van der Waals surface area (Å²) in [5, 5.41) is 13.3. The summed E-state index contributed by atoms with van der Waals surface area (Å²) in [4.78, 5) is 26.9. The van der Waals surface area contributed by atoms with Crippen molar-refractivity contribution in [3.05, 3.63) is 53.3 Å². The molecule has 1 saturated heterocycles. The SMILES string of the molecule is Cc1cccc(C2(C(=O)N3CCC(n4cc(C(=O)O)cn4)CC3)CCCCC2)c1. The standard InChI is InChI=1S/C23H29N3O3/c1-17-6-5-7-19(14-17)23(10-3-2-4-11-23)22(29)25-12-8-20(9-13-25)26-16-18(15-24-26)21(27)28/h5-7,14-16,20H,2-4,8-13H2,1H3,(H,27,28). The van der Waals surface area contributed by atoms with E-state index in [0.29, 0.717) is 13.1 Å². The highest BCUT2D eigenvalue weighted by Crippen LogP contribution is 2.42. The molecule has 1 aliphatic heterocycles. The summed E-state index contributed by atoms with van der Waals surface area (Å²) in [6.45, 7) is 3.48. The largest absolute Gasteiger partial charge is 0.478 e. The van der Waals surface area contributed by atoms with Crippen LogP contribution in [-0.4, -0.2) is 44.8 Å². The number of amides is 1. The van der Waals surface area contributed by atoms with E-state index >= 15 is 0 Å². The molecule has 2 fully saturated rings. The van der Waals surface area contributed by atoms with Crippen molar-refractivity contribution in [2.45, 2.75) is 63.3 Å². The normalized spacial score (nSPS) is 19.8. The number of benzene rings is 1. The summed E-state index contributed by atoms with van der Waals surface area (Å²) in [5.41, 5.74) is 2.19. The van der Waals surface area contributed by atoms with Crippen LogP contribution in [0.4, 0.5) is 0 Å². The van der Waals surface area contributed by atoms with Crippen molar-refractivity contribution in [2.24, 2.45) is 0 Å². The Balaban J connectivity index is 1.50. The van der Waals surface area contributed by atoms with E-state index in [-0.39, 0.29) is 22.9 Å². The van der Waals surface area contributed by atoms with E-state index < -0.39 is 5.97 Å². The average Bonchev–Trinajstić information content (AvgIpc) is 3.24. The fraction of sp³-hybridized carbons (Fsp3) is 0.522. The molecule has 1 aromatic heterocycles. The minimum absolute atomic E-state index is 0.147. The summed E-state index contributed by atoms with van der Waals surface area (Å²) < 4.78 is 1.75. The Kier molecular flexibility index (Phi) is 5.43. The highest BCUT2D eigenvalue weighted by molar-refractivity contribution is 5.88. The lowest BCUT2D eigenvalue weighted by atomic mass is 9.68. The molecule has 29 heavy (non-hydrogen) atoms. The van der Waals surface area contributed by atoms with E-state index in [1.54, 1.807) is 10.9 Å². The molecule has 2 aliphatic rings. The Bertz CT molecular complexity index is 890. The molecule has 1 N–H and O–H groups in total. The van der Waals surface area contributed by atoms with Crippen LogP contribution in [0.5, 0.6) is 0 Å². The van der Waals surface area contributed by atoms with Gasteiger partial charge in [-0.2, -0.15) is 5.10 Å². The lowest BCUT2D eigenvalue weighted by Crippen LogP contribution is -2.50. The topological polar surface area (TPSA) is 75.4 Å². The Hall–Kier alpha value is -2.63. The predicted octanol–water partition coefficient (Wildman–Crippen LogP) is 3.96. The van der Waals surface area contributed by atoms with Gasteiger partial charge in [-0.05, 0) is 38.2 Å². The van der Waals surface area contributed by atoms with Gasteiger partial charge in [0.05, 0.1) is 23.2 Å². The fourth-order valence-corrected chi connectivity index (χ4v) is 5.01. The lowest BCUT2D eigenvalue weighted by Gasteiger charge is -2.42. The molecule has 154 valence electrons. The van der Waals surface area contributed by atoms with E-state index in [4.69, 9.17) is 5.11 Å². The third-order valence-corrected chi connectivity index (χ3v) is 6.66. The molecule has 0 atom stereocenters. The van der Waals surface area contributed by atoms with Crippen molar-refractivity contribution >= 4 is 11.9 Å². The van der Waals surface area contributed by atoms with Gasteiger partial charge in [0.25, 0.3) is 0 Å². The Morgan fingerprint density at radius 3 is 2.48 bits per heavy atom. The number of nitrogens with zero attached hydrogens (tertiary/aromatic N) is 3. The molecule has 1 aliphatic carbocycles. The Morgan fingerprint density at radius 2 is 1.86 bits per heavy atom. The van der Waals surface area contributed by atoms with Crippen LogP contribution in [0, 0.1) is 6.92 Å². The van der Waals surface area contributed by atoms with Gasteiger partial charge in [-0.25, -0.2) is 4.79 Å². The van der Waals surface area contributed by atoms with Crippen molar-refractivity contribution in [3.8, 4) is 0 Å². The van der Waals surface area contributed by atoms with Gasteiger partial charge < -0.3 is 10.0 Å². The number of piperidine rings is 1. The third kappa shape index (κ3) is 3.80. The summed E-state index contributed by atoms with van der Waals surface area (Å²) in [7, 11) is 0. The molecule has 2 heterocycles. The molecule has 6 nitrogen and oxygen atoms in total. The number of carbonyl (C=O) groups is 2. The minimum Gasteiger partial charge on any atom is -0.478 e. The maximum Gasteiger partial charge on any atom is 0.338 e. The summed E-state index contributed by atoms with van der Waals surface area (Å²) in [6, 6.07) is 8.62. The summed E-state index contributed by atoms with van der Waals surface area (Å²) >= 11 is 0. The van der Waals surface area contributed by atoms with E-state index in [1.807, 2.05) is 4.90 Å². The second-order valence-corrected chi connectivity index (χ2v) is 8.55. The molecule has 1 amide bonds. The lowest BCUT2D eigenvalue weighted by molar-refractivity contribution is -0.140. The second kappa shape index (κ2) is 8.01. The first-order valence-electron chi connectivity index (χ1n) is 10.6. The van der Waals surface area contributed by atoms with Gasteiger partial charge in [0.15, 0.2) is 0 Å². The maximum atomic E-state index is 13.7. The third-order valence-electron chi connectivity index (χ3n) is 6.66. The molecule has 2 aromatic rings. The van der Waals surface area contributed by atoms with Crippen molar-refractivity contribution in [2.75, 3.05) is 13.1 Å². The first-order chi connectivity index (χ1) is 14.0. The van der Waals surface area contributed by atoms with Crippen LogP contribution in [0.2, 0.25) is 0 Å². The zero-order chi connectivity index (χ0) is 20.4. The van der Waals surface area contributed by atoms with Gasteiger partial charge in [-0.3, -0.25) is 9.48 Å². The average molecular weight is 396 g/mol. The van der Waals surface area contributed by atoms with Gasteiger partial charge in [0.2, 0.25) is 5.91 Å². The van der Waals surface area contributed by atoms with Gasteiger partial charge in [-0.1, -0.05) is 49.1 Å². The molecular weight excluding hydrogens is 366 g/mol. The van der Waals surface area contributed by atoms with Crippen LogP contribution in [0.25, 0.3) is 0 Å². The molecule has 0 unspecified atom stereocenters. The molecule has 0 bridgehead atoms. The first-order valence-corrected chi connectivity index (χ1v) is 10.6. The zero-order valence-corrected chi connectivity index (χ0v) is 17.0. The van der Waals surface area contributed by atoms with E-state index in [1.165, 1.54) is 23.7 Å². The predicted molar refractivity (Wildman–Crippen MR) is 110 cm³/mol. The van der Waals surface area contributed by atoms with Crippen LogP contribution in [0.15, 0.2) is 36.7 Å². The van der Waals surface area contributed by atoms with E-state index in [0.717, 1.165) is 38.5 Å². The number of likely N-dealkylation sites (tertiary alicyclic amines) is 1. The summed E-state index contributed by atoms with van der Waals surface area (Å²) in [6.07, 6.45) is 9.85. The number of hydrogen-bond donors (Lipinski definition) is 1. The minimum atomic E-state index is -0.957. The molecule has 6 heteroatoms. The Labute approximate surface area is 171 Å². The Morgan fingerprint density at radius 1 is 1.14 bits per heavy atom. The molecule has 1 aromatic carbocycles. The van der Waals surface area contributed by atoms with Crippen LogP contribution < -0.4 is 0 Å². The van der Waals surface area contributed by atoms with Crippen LogP contribution >= 0.6 is 0 Å². The van der Waals surface area contributed by atoms with Crippen LogP contribution in [-0.2, 0) is 10.2 Å². The maximum absolute atomic E-state index is 13.7. The molecular formula is C23H29N3O3. The molecule has 1 saturated carbocycles. The number of aromatic nitrogens is 2. The zero-order valence-electron chi connectivity index (χ0n) is 17.0. The number of hydrogen-bond acceptors (Lipinski definition) is 3. The molecule has 0 radical (unpaired) electrons. The second-order valence-electron chi connectivity index (χ2n) is 8.55. The van der Waals surface area contributed by atoms with Gasteiger partial charge >= 0.3 is 5.97 Å². The summed E-state index contributed by atoms with van der Waals surface area (Å²) in [5.74, 6) is -0.686. The number of carbonyl (C=O) groups excluding carboxylic acids is 1. The molecule has 0 spiro atoms. The van der Waals surface area contributed by atoms with Gasteiger partial charge in [0.1, 0.15) is 0 Å². The number of aryl methyl sites for hydroxylation is 1. The van der Waals surface area contributed by atoms with Crippen LogP contribution in [0.3, 0.4) is 0 Å². The number of carboxylic acids is 1. The quantitative estimate of drug-likeness (QED) is 0.850. The number of carboxylic acid groups (broad SMARTS) is 1. The highest BCUT2D eigenvalue weighted by Gasteiger charge is 2.44. The monoisotopic (exact) mass is 395 g/mol. The number of aromatic carboxylic acids is 1.